The van der Waals surface area contributed by atoms with Crippen molar-refractivity contribution >= 4 is 45.9 Å². The number of thiophene rings is 1. The van der Waals surface area contributed by atoms with Crippen LogP contribution in [0.1, 0.15) is 9.75 Å². The molecule has 3 rings (SSSR count). The fourth-order valence-corrected chi connectivity index (χ4v) is 3.49. The Kier molecular flexibility index (Phi) is 3.71. The summed E-state index contributed by atoms with van der Waals surface area (Å²) in [6.45, 7) is 2.05. The Hall–Kier alpha value is -1.85. The lowest BCUT2D eigenvalue weighted by Gasteiger charge is -1.94. The van der Waals surface area contributed by atoms with Gasteiger partial charge in [0.1, 0.15) is 0 Å². The third kappa shape index (κ3) is 3.00. The Balaban J connectivity index is 1.82. The average Bonchev–Trinajstić information content (AvgIpc) is 2.98. The van der Waals surface area contributed by atoms with E-state index in [1.807, 2.05) is 48.5 Å². The molecule has 20 heavy (non-hydrogen) atoms. The first kappa shape index (κ1) is 13.1. The van der Waals surface area contributed by atoms with Crippen molar-refractivity contribution in [2.24, 2.45) is 4.99 Å². The highest BCUT2D eigenvalue weighted by Gasteiger charge is 2.23. The van der Waals surface area contributed by atoms with Gasteiger partial charge in [-0.1, -0.05) is 18.2 Å². The number of carbonyl (C=O) groups is 1. The van der Waals surface area contributed by atoms with Gasteiger partial charge in [0.15, 0.2) is 5.17 Å². The van der Waals surface area contributed by atoms with Gasteiger partial charge in [-0.15, -0.1) is 11.3 Å². The number of amides is 1. The van der Waals surface area contributed by atoms with Crippen molar-refractivity contribution in [1.82, 2.24) is 5.32 Å². The van der Waals surface area contributed by atoms with Crippen molar-refractivity contribution < 1.29 is 4.79 Å². The molecule has 0 spiro atoms. The summed E-state index contributed by atoms with van der Waals surface area (Å²) in [5, 5.41) is 3.42. The second kappa shape index (κ2) is 5.64. The number of para-hydroxylation sites is 1. The summed E-state index contributed by atoms with van der Waals surface area (Å²) in [5.74, 6) is -0.0873. The van der Waals surface area contributed by atoms with Crippen LogP contribution in [-0.4, -0.2) is 11.1 Å². The zero-order valence-corrected chi connectivity index (χ0v) is 12.4. The van der Waals surface area contributed by atoms with Gasteiger partial charge in [-0.2, -0.15) is 0 Å². The van der Waals surface area contributed by atoms with E-state index in [0.717, 1.165) is 10.6 Å². The fraction of sp³-hybridized carbons (Fsp3) is 0.0667. The van der Waals surface area contributed by atoms with Gasteiger partial charge in [0.05, 0.1) is 10.6 Å². The van der Waals surface area contributed by atoms with E-state index in [-0.39, 0.29) is 5.91 Å². The van der Waals surface area contributed by atoms with Crippen molar-refractivity contribution in [3.8, 4) is 0 Å². The zero-order valence-electron chi connectivity index (χ0n) is 10.8. The molecule has 1 aliphatic rings. The van der Waals surface area contributed by atoms with E-state index in [2.05, 4.69) is 17.2 Å². The summed E-state index contributed by atoms with van der Waals surface area (Å²) in [6, 6.07) is 13.7. The Bertz CT molecular complexity index is 702. The standard InChI is InChI=1S/C15H12N2OS2/c1-10-7-8-12(19-10)9-13-14(18)17-15(20-13)16-11-5-3-2-4-6-11/h2-9H,1H3,(H,16,17,18)/b13-9-. The molecular weight excluding hydrogens is 288 g/mol. The van der Waals surface area contributed by atoms with Crippen molar-refractivity contribution in [1.29, 1.82) is 0 Å². The molecule has 0 radical (unpaired) electrons. The smallest absolute Gasteiger partial charge is 0.264 e. The third-order valence-electron chi connectivity index (χ3n) is 2.67. The lowest BCUT2D eigenvalue weighted by atomic mass is 10.3. The second-order valence-electron chi connectivity index (χ2n) is 4.27. The first-order valence-corrected chi connectivity index (χ1v) is 7.75. The molecule has 1 aromatic carbocycles. The monoisotopic (exact) mass is 300 g/mol. The zero-order chi connectivity index (χ0) is 13.9. The number of aliphatic imine (C=N–C) groups is 1. The van der Waals surface area contributed by atoms with Crippen LogP contribution in [-0.2, 0) is 4.79 Å². The maximum absolute atomic E-state index is 11.9. The average molecular weight is 300 g/mol. The van der Waals surface area contributed by atoms with Crippen LogP contribution >= 0.6 is 23.1 Å². The van der Waals surface area contributed by atoms with Crippen molar-refractivity contribution in [3.05, 3.63) is 57.1 Å². The molecule has 0 bridgehead atoms. The minimum atomic E-state index is -0.0873. The molecule has 1 fully saturated rings. The van der Waals surface area contributed by atoms with Gasteiger partial charge >= 0.3 is 0 Å². The van der Waals surface area contributed by atoms with E-state index >= 15 is 0 Å². The summed E-state index contributed by atoms with van der Waals surface area (Å²) >= 11 is 3.05. The highest BCUT2D eigenvalue weighted by molar-refractivity contribution is 8.18. The molecule has 1 saturated heterocycles. The summed E-state index contributed by atoms with van der Waals surface area (Å²) in [4.78, 5) is 19.3. The first-order chi connectivity index (χ1) is 9.70. The molecule has 3 nitrogen and oxygen atoms in total. The van der Waals surface area contributed by atoms with Crippen LogP contribution < -0.4 is 5.32 Å². The maximum atomic E-state index is 11.9. The third-order valence-corrected chi connectivity index (χ3v) is 4.53. The number of aryl methyl sites for hydroxylation is 1. The van der Waals surface area contributed by atoms with E-state index in [0.29, 0.717) is 10.1 Å². The Morgan fingerprint density at radius 2 is 1.95 bits per heavy atom. The number of rotatable bonds is 2. The number of amidine groups is 1. The summed E-state index contributed by atoms with van der Waals surface area (Å²) in [5.41, 5.74) is 0.837. The summed E-state index contributed by atoms with van der Waals surface area (Å²) in [7, 11) is 0. The van der Waals surface area contributed by atoms with Gasteiger partial charge in [0.2, 0.25) is 0 Å². The number of hydrogen-bond donors (Lipinski definition) is 1. The molecular formula is C15H12N2OS2. The highest BCUT2D eigenvalue weighted by Crippen LogP contribution is 2.29. The lowest BCUT2D eigenvalue weighted by Crippen LogP contribution is -2.19. The van der Waals surface area contributed by atoms with Crippen LogP contribution in [0.15, 0.2) is 52.4 Å². The van der Waals surface area contributed by atoms with E-state index < -0.39 is 0 Å². The predicted octanol–water partition coefficient (Wildman–Crippen LogP) is 3.95. The van der Waals surface area contributed by atoms with Gasteiger partial charge in [0.25, 0.3) is 5.91 Å². The minimum absolute atomic E-state index is 0.0873. The van der Waals surface area contributed by atoms with Crippen LogP contribution in [0.4, 0.5) is 5.69 Å². The van der Waals surface area contributed by atoms with Gasteiger partial charge in [0, 0.05) is 9.75 Å². The number of nitrogens with zero attached hydrogens (tertiary/aromatic N) is 1. The van der Waals surface area contributed by atoms with Crippen LogP contribution in [0.25, 0.3) is 6.08 Å². The molecule has 0 saturated carbocycles. The van der Waals surface area contributed by atoms with Crippen LogP contribution in [0, 0.1) is 6.92 Å². The lowest BCUT2D eigenvalue weighted by molar-refractivity contribution is -0.115. The van der Waals surface area contributed by atoms with E-state index in [1.165, 1.54) is 16.6 Å². The number of benzene rings is 1. The molecule has 0 unspecified atom stereocenters. The fourth-order valence-electron chi connectivity index (χ4n) is 1.76. The highest BCUT2D eigenvalue weighted by atomic mass is 32.2. The van der Waals surface area contributed by atoms with Crippen LogP contribution in [0.3, 0.4) is 0 Å². The molecule has 5 heteroatoms. The van der Waals surface area contributed by atoms with Crippen molar-refractivity contribution in [3.63, 3.8) is 0 Å². The largest absolute Gasteiger partial charge is 0.300 e. The van der Waals surface area contributed by atoms with Crippen LogP contribution in [0.2, 0.25) is 0 Å². The van der Waals surface area contributed by atoms with E-state index in [9.17, 15) is 4.79 Å². The van der Waals surface area contributed by atoms with Gasteiger partial charge in [-0.25, -0.2) is 4.99 Å². The van der Waals surface area contributed by atoms with Gasteiger partial charge < -0.3 is 5.32 Å². The summed E-state index contributed by atoms with van der Waals surface area (Å²) < 4.78 is 0. The maximum Gasteiger partial charge on any atom is 0.264 e. The number of thioether (sulfide) groups is 1. The van der Waals surface area contributed by atoms with Gasteiger partial charge in [-0.05, 0) is 49.0 Å². The Morgan fingerprint density at radius 1 is 1.15 bits per heavy atom. The normalized spacial score (nSPS) is 18.8. The molecule has 1 aliphatic heterocycles. The molecule has 100 valence electrons. The Morgan fingerprint density at radius 3 is 2.65 bits per heavy atom. The molecule has 1 aromatic heterocycles. The molecule has 0 aliphatic carbocycles. The molecule has 2 heterocycles. The Labute approximate surface area is 125 Å². The van der Waals surface area contributed by atoms with Crippen LogP contribution in [0.5, 0.6) is 0 Å². The molecule has 2 aromatic rings. The van der Waals surface area contributed by atoms with Gasteiger partial charge in [-0.3, -0.25) is 4.79 Å². The van der Waals surface area contributed by atoms with Crippen molar-refractivity contribution in [2.45, 2.75) is 6.92 Å². The van der Waals surface area contributed by atoms with E-state index in [1.54, 1.807) is 11.3 Å². The van der Waals surface area contributed by atoms with Crippen molar-refractivity contribution in [2.75, 3.05) is 0 Å². The minimum Gasteiger partial charge on any atom is -0.300 e. The predicted molar refractivity (Wildman–Crippen MR) is 86.3 cm³/mol. The molecule has 0 atom stereocenters. The quantitative estimate of drug-likeness (QED) is 0.853. The number of hydrogen-bond acceptors (Lipinski definition) is 4. The second-order valence-corrected chi connectivity index (χ2v) is 6.62. The SMILES string of the molecule is Cc1ccc(/C=C2\SC(=Nc3ccccc3)NC2=O)s1. The van der Waals surface area contributed by atoms with E-state index in [4.69, 9.17) is 0 Å². The number of carbonyl (C=O) groups excluding carboxylic acids is 1. The summed E-state index contributed by atoms with van der Waals surface area (Å²) in [6.07, 6.45) is 1.91. The molecule has 1 amide bonds. The number of nitrogens with one attached hydrogen (secondary N) is 1. The first-order valence-electron chi connectivity index (χ1n) is 6.12. The molecule has 1 N–H and O–H groups in total. The topological polar surface area (TPSA) is 41.5 Å².